The van der Waals surface area contributed by atoms with Gasteiger partial charge < -0.3 is 10.1 Å². The van der Waals surface area contributed by atoms with E-state index < -0.39 is 0 Å². The second-order valence-electron chi connectivity index (χ2n) is 5.40. The van der Waals surface area contributed by atoms with Gasteiger partial charge in [0.1, 0.15) is 0 Å². The first-order valence-electron chi connectivity index (χ1n) is 6.74. The van der Waals surface area contributed by atoms with E-state index in [1.54, 1.807) is 0 Å². The standard InChI is InChI=1S/C15H22BrNO/c1-3-12-13(16)5-4-6-14(12)17-11-15(2)7-9-18-10-8-15/h4-6,17H,3,7-11H2,1-2H3. The van der Waals surface area contributed by atoms with Crippen LogP contribution >= 0.6 is 15.9 Å². The van der Waals surface area contributed by atoms with Crippen LogP contribution in [-0.2, 0) is 11.2 Å². The van der Waals surface area contributed by atoms with Crippen molar-refractivity contribution >= 4 is 21.6 Å². The lowest BCUT2D eigenvalue weighted by Gasteiger charge is -2.34. The van der Waals surface area contributed by atoms with E-state index in [0.29, 0.717) is 5.41 Å². The predicted molar refractivity (Wildman–Crippen MR) is 80.2 cm³/mol. The number of ether oxygens (including phenoxy) is 1. The zero-order chi connectivity index (χ0) is 13.0. The van der Waals surface area contributed by atoms with Crippen LogP contribution in [0, 0.1) is 5.41 Å². The molecule has 0 atom stereocenters. The first kappa shape index (κ1) is 13.9. The third-order valence-corrected chi connectivity index (χ3v) is 4.62. The molecule has 0 amide bonds. The van der Waals surface area contributed by atoms with Gasteiger partial charge in [0.05, 0.1) is 0 Å². The number of rotatable bonds is 4. The van der Waals surface area contributed by atoms with Gasteiger partial charge in [-0.25, -0.2) is 0 Å². The van der Waals surface area contributed by atoms with Crippen molar-refractivity contribution in [3.63, 3.8) is 0 Å². The largest absolute Gasteiger partial charge is 0.384 e. The maximum Gasteiger partial charge on any atom is 0.0471 e. The molecular weight excluding hydrogens is 290 g/mol. The van der Waals surface area contributed by atoms with Crippen LogP contribution in [0.1, 0.15) is 32.3 Å². The minimum Gasteiger partial charge on any atom is -0.384 e. The molecule has 1 aromatic carbocycles. The van der Waals surface area contributed by atoms with Crippen molar-refractivity contribution in [1.29, 1.82) is 0 Å². The highest BCUT2D eigenvalue weighted by Crippen LogP contribution is 2.31. The van der Waals surface area contributed by atoms with Crippen molar-refractivity contribution in [2.45, 2.75) is 33.1 Å². The second kappa shape index (κ2) is 6.07. The van der Waals surface area contributed by atoms with Gasteiger partial charge >= 0.3 is 0 Å². The lowest BCUT2D eigenvalue weighted by atomic mass is 9.82. The molecule has 0 aromatic heterocycles. The molecule has 0 radical (unpaired) electrons. The monoisotopic (exact) mass is 311 g/mol. The van der Waals surface area contributed by atoms with Crippen molar-refractivity contribution in [2.75, 3.05) is 25.1 Å². The maximum atomic E-state index is 5.45. The smallest absolute Gasteiger partial charge is 0.0471 e. The molecule has 0 unspecified atom stereocenters. The summed E-state index contributed by atoms with van der Waals surface area (Å²) in [6, 6.07) is 6.38. The first-order valence-corrected chi connectivity index (χ1v) is 7.53. The van der Waals surface area contributed by atoms with Crippen LogP contribution in [0.4, 0.5) is 5.69 Å². The van der Waals surface area contributed by atoms with Crippen LogP contribution in [-0.4, -0.2) is 19.8 Å². The lowest BCUT2D eigenvalue weighted by Crippen LogP contribution is -2.33. The summed E-state index contributed by atoms with van der Waals surface area (Å²) in [6.07, 6.45) is 3.34. The van der Waals surface area contributed by atoms with Crippen molar-refractivity contribution in [2.24, 2.45) is 5.41 Å². The molecule has 0 aliphatic carbocycles. The zero-order valence-corrected chi connectivity index (χ0v) is 12.8. The molecule has 18 heavy (non-hydrogen) atoms. The Bertz CT molecular complexity index is 399. The Morgan fingerprint density at radius 3 is 2.72 bits per heavy atom. The fourth-order valence-corrected chi connectivity index (χ4v) is 3.08. The summed E-state index contributed by atoms with van der Waals surface area (Å²) in [5.74, 6) is 0. The van der Waals surface area contributed by atoms with Crippen LogP contribution in [0.3, 0.4) is 0 Å². The second-order valence-corrected chi connectivity index (χ2v) is 6.25. The zero-order valence-electron chi connectivity index (χ0n) is 11.3. The van der Waals surface area contributed by atoms with E-state index in [1.165, 1.54) is 15.7 Å². The van der Waals surface area contributed by atoms with Gasteiger partial charge in [0.2, 0.25) is 0 Å². The van der Waals surface area contributed by atoms with E-state index in [4.69, 9.17) is 4.74 Å². The maximum absolute atomic E-state index is 5.45. The quantitative estimate of drug-likeness (QED) is 0.898. The van der Waals surface area contributed by atoms with E-state index in [-0.39, 0.29) is 0 Å². The number of benzene rings is 1. The molecule has 1 fully saturated rings. The van der Waals surface area contributed by atoms with Gasteiger partial charge in [-0.05, 0) is 42.4 Å². The Morgan fingerprint density at radius 2 is 2.06 bits per heavy atom. The Hall–Kier alpha value is -0.540. The molecule has 0 spiro atoms. The molecule has 1 aliphatic rings. The van der Waals surface area contributed by atoms with Gasteiger partial charge in [-0.3, -0.25) is 0 Å². The van der Waals surface area contributed by atoms with Crippen LogP contribution in [0.25, 0.3) is 0 Å². The summed E-state index contributed by atoms with van der Waals surface area (Å²) in [5.41, 5.74) is 3.00. The minimum atomic E-state index is 0.367. The number of hydrogen-bond acceptors (Lipinski definition) is 2. The minimum absolute atomic E-state index is 0.367. The van der Waals surface area contributed by atoms with Gasteiger partial charge in [0.15, 0.2) is 0 Å². The van der Waals surface area contributed by atoms with Crippen molar-refractivity contribution in [3.05, 3.63) is 28.2 Å². The van der Waals surface area contributed by atoms with Crippen molar-refractivity contribution < 1.29 is 4.74 Å². The van der Waals surface area contributed by atoms with E-state index in [2.05, 4.69) is 53.3 Å². The highest BCUT2D eigenvalue weighted by atomic mass is 79.9. The Kier molecular flexibility index (Phi) is 4.68. The SMILES string of the molecule is CCc1c(Br)cccc1NCC1(C)CCOCC1. The van der Waals surface area contributed by atoms with E-state index in [1.807, 2.05) is 0 Å². The summed E-state index contributed by atoms with van der Waals surface area (Å²) in [7, 11) is 0. The van der Waals surface area contributed by atoms with Gasteiger partial charge in [-0.15, -0.1) is 0 Å². The Morgan fingerprint density at radius 1 is 1.33 bits per heavy atom. The summed E-state index contributed by atoms with van der Waals surface area (Å²) in [4.78, 5) is 0. The first-order chi connectivity index (χ1) is 8.64. The van der Waals surface area contributed by atoms with Crippen LogP contribution in [0.15, 0.2) is 22.7 Å². The van der Waals surface area contributed by atoms with Crippen LogP contribution in [0.5, 0.6) is 0 Å². The highest BCUT2D eigenvalue weighted by molar-refractivity contribution is 9.10. The summed E-state index contributed by atoms with van der Waals surface area (Å²) < 4.78 is 6.65. The molecule has 1 saturated heterocycles. The molecule has 1 heterocycles. The van der Waals surface area contributed by atoms with E-state index >= 15 is 0 Å². The van der Waals surface area contributed by atoms with E-state index in [9.17, 15) is 0 Å². The Labute approximate surface area is 118 Å². The van der Waals surface area contributed by atoms with Crippen LogP contribution in [0.2, 0.25) is 0 Å². The summed E-state index contributed by atoms with van der Waals surface area (Å²) in [5, 5.41) is 3.63. The molecule has 1 aromatic rings. The van der Waals surface area contributed by atoms with Crippen molar-refractivity contribution in [1.82, 2.24) is 0 Å². The fourth-order valence-electron chi connectivity index (χ4n) is 2.43. The van der Waals surface area contributed by atoms with Gasteiger partial charge in [-0.1, -0.05) is 35.8 Å². The lowest BCUT2D eigenvalue weighted by molar-refractivity contribution is 0.0300. The highest BCUT2D eigenvalue weighted by Gasteiger charge is 2.27. The average Bonchev–Trinajstić information content (AvgIpc) is 2.37. The molecule has 1 aliphatic heterocycles. The molecule has 0 bridgehead atoms. The molecule has 1 N–H and O–H groups in total. The Balaban J connectivity index is 2.03. The van der Waals surface area contributed by atoms with Gasteiger partial charge in [0, 0.05) is 29.9 Å². The third kappa shape index (κ3) is 3.27. The molecule has 0 saturated carbocycles. The number of halogens is 1. The molecular formula is C15H22BrNO. The average molecular weight is 312 g/mol. The topological polar surface area (TPSA) is 21.3 Å². The molecule has 2 rings (SSSR count). The molecule has 2 nitrogen and oxygen atoms in total. The molecule has 3 heteroatoms. The van der Waals surface area contributed by atoms with Gasteiger partial charge in [0.25, 0.3) is 0 Å². The summed E-state index contributed by atoms with van der Waals surface area (Å²) in [6.45, 7) is 7.38. The van der Waals surface area contributed by atoms with Crippen LogP contribution < -0.4 is 5.32 Å². The summed E-state index contributed by atoms with van der Waals surface area (Å²) >= 11 is 3.63. The van der Waals surface area contributed by atoms with E-state index in [0.717, 1.165) is 39.0 Å². The number of nitrogens with one attached hydrogen (secondary N) is 1. The molecule has 100 valence electrons. The van der Waals surface area contributed by atoms with Crippen molar-refractivity contribution in [3.8, 4) is 0 Å². The number of anilines is 1. The normalized spacial score (nSPS) is 18.6. The number of hydrogen-bond donors (Lipinski definition) is 1. The third-order valence-electron chi connectivity index (χ3n) is 3.88. The van der Waals surface area contributed by atoms with Gasteiger partial charge in [-0.2, -0.15) is 0 Å². The predicted octanol–water partition coefficient (Wildman–Crippen LogP) is 4.24. The fraction of sp³-hybridized carbons (Fsp3) is 0.600.